The van der Waals surface area contributed by atoms with Gasteiger partial charge in [-0.3, -0.25) is 4.79 Å². The highest BCUT2D eigenvalue weighted by atomic mass is 32.2. The molecule has 3 rings (SSSR count). The molecule has 1 aliphatic rings. The molecule has 0 atom stereocenters. The highest BCUT2D eigenvalue weighted by Crippen LogP contribution is 2.26. The fraction of sp³-hybridized carbons (Fsp3) is 0.550. The molecular weight excluding hydrogens is 360 g/mol. The first-order valence-electron chi connectivity index (χ1n) is 9.71. The van der Waals surface area contributed by atoms with Gasteiger partial charge in [-0.15, -0.1) is 10.2 Å². The first kappa shape index (κ1) is 19.7. The molecule has 146 valence electrons. The maximum atomic E-state index is 12.2. The number of carbonyl (C=O) groups excluding carboxylic acids is 1. The molecule has 2 aromatic rings. The monoisotopic (exact) mass is 388 g/mol. The quantitative estimate of drug-likeness (QED) is 0.660. The molecular formula is C20H28N4O2S. The van der Waals surface area contributed by atoms with Crippen LogP contribution in [-0.4, -0.2) is 39.6 Å². The van der Waals surface area contributed by atoms with Crippen LogP contribution in [0.15, 0.2) is 29.4 Å². The van der Waals surface area contributed by atoms with Gasteiger partial charge in [-0.1, -0.05) is 37.9 Å². The Morgan fingerprint density at radius 1 is 1.26 bits per heavy atom. The number of hydrogen-bond donors (Lipinski definition) is 1. The molecule has 0 saturated heterocycles. The van der Waals surface area contributed by atoms with Crippen LogP contribution >= 0.6 is 11.8 Å². The van der Waals surface area contributed by atoms with Gasteiger partial charge in [0, 0.05) is 18.2 Å². The second-order valence-corrected chi connectivity index (χ2v) is 7.82. The van der Waals surface area contributed by atoms with Gasteiger partial charge in [-0.05, 0) is 43.5 Å². The third-order valence-corrected chi connectivity index (χ3v) is 5.82. The van der Waals surface area contributed by atoms with Gasteiger partial charge in [0.1, 0.15) is 5.75 Å². The highest BCUT2D eigenvalue weighted by molar-refractivity contribution is 7.99. The van der Waals surface area contributed by atoms with Gasteiger partial charge in [0.15, 0.2) is 11.0 Å². The lowest BCUT2D eigenvalue weighted by Crippen LogP contribution is -2.33. The molecule has 0 spiro atoms. The lowest BCUT2D eigenvalue weighted by molar-refractivity contribution is -0.119. The van der Waals surface area contributed by atoms with E-state index in [1.165, 1.54) is 24.6 Å². The standard InChI is InChI=1S/C20H28N4O2S/c1-3-4-13-24-19(15-9-11-17(26-2)12-10-15)22-23-20(24)27-14-18(25)21-16-7-5-6-8-16/h9-12,16H,3-8,13-14H2,1-2H3,(H,21,25). The summed E-state index contributed by atoms with van der Waals surface area (Å²) in [7, 11) is 1.66. The largest absolute Gasteiger partial charge is 0.497 e. The number of nitrogens with one attached hydrogen (secondary N) is 1. The fourth-order valence-electron chi connectivity index (χ4n) is 3.34. The fourth-order valence-corrected chi connectivity index (χ4v) is 4.11. The summed E-state index contributed by atoms with van der Waals surface area (Å²) >= 11 is 1.46. The molecule has 1 aromatic carbocycles. The van der Waals surface area contributed by atoms with Crippen molar-refractivity contribution in [1.29, 1.82) is 0 Å². The van der Waals surface area contributed by atoms with Crippen molar-refractivity contribution >= 4 is 17.7 Å². The Hall–Kier alpha value is -2.02. The van der Waals surface area contributed by atoms with Crippen molar-refractivity contribution in [3.05, 3.63) is 24.3 Å². The van der Waals surface area contributed by atoms with Crippen LogP contribution < -0.4 is 10.1 Å². The number of aromatic nitrogens is 3. The molecule has 1 fully saturated rings. The van der Waals surface area contributed by atoms with Gasteiger partial charge in [0.05, 0.1) is 12.9 Å². The van der Waals surface area contributed by atoms with E-state index in [1.807, 2.05) is 24.3 Å². The van der Waals surface area contributed by atoms with E-state index in [4.69, 9.17) is 4.74 Å². The smallest absolute Gasteiger partial charge is 0.230 e. The molecule has 1 aliphatic carbocycles. The molecule has 1 heterocycles. The molecule has 27 heavy (non-hydrogen) atoms. The summed E-state index contributed by atoms with van der Waals surface area (Å²) in [6, 6.07) is 8.19. The first-order valence-corrected chi connectivity index (χ1v) is 10.7. The zero-order chi connectivity index (χ0) is 19.1. The maximum absolute atomic E-state index is 12.2. The van der Waals surface area contributed by atoms with Crippen molar-refractivity contribution in [3.63, 3.8) is 0 Å². The molecule has 0 unspecified atom stereocenters. The van der Waals surface area contributed by atoms with Gasteiger partial charge in [0.2, 0.25) is 5.91 Å². The average Bonchev–Trinajstić information content (AvgIpc) is 3.34. The maximum Gasteiger partial charge on any atom is 0.230 e. The third-order valence-electron chi connectivity index (χ3n) is 4.85. The Bertz CT molecular complexity index is 739. The van der Waals surface area contributed by atoms with Gasteiger partial charge in [-0.2, -0.15) is 0 Å². The SMILES string of the molecule is CCCCn1c(SCC(=O)NC2CCCC2)nnc1-c1ccc(OC)cc1. The number of rotatable bonds is 9. The zero-order valence-corrected chi connectivity index (χ0v) is 16.9. The molecule has 1 N–H and O–H groups in total. The number of carbonyl (C=O) groups is 1. The van der Waals surface area contributed by atoms with Crippen molar-refractivity contribution in [2.24, 2.45) is 0 Å². The molecule has 1 saturated carbocycles. The van der Waals surface area contributed by atoms with Crippen LogP contribution in [0.3, 0.4) is 0 Å². The second kappa shape index (κ2) is 9.78. The number of nitrogens with zero attached hydrogens (tertiary/aromatic N) is 3. The van der Waals surface area contributed by atoms with Crippen LogP contribution in [0.2, 0.25) is 0 Å². The van der Waals surface area contributed by atoms with Crippen molar-refractivity contribution in [2.75, 3.05) is 12.9 Å². The lowest BCUT2D eigenvalue weighted by atomic mass is 10.2. The average molecular weight is 389 g/mol. The van der Waals surface area contributed by atoms with Crippen molar-refractivity contribution in [2.45, 2.75) is 63.2 Å². The number of hydrogen-bond acceptors (Lipinski definition) is 5. The first-order chi connectivity index (χ1) is 13.2. The number of ether oxygens (including phenoxy) is 1. The number of thioether (sulfide) groups is 1. The summed E-state index contributed by atoms with van der Waals surface area (Å²) in [5, 5.41) is 12.7. The highest BCUT2D eigenvalue weighted by Gasteiger charge is 2.19. The normalized spacial score (nSPS) is 14.4. The molecule has 7 heteroatoms. The summed E-state index contributed by atoms with van der Waals surface area (Å²) in [6.07, 6.45) is 6.77. The summed E-state index contributed by atoms with van der Waals surface area (Å²) in [6.45, 7) is 3.01. The Balaban J connectivity index is 1.69. The topological polar surface area (TPSA) is 69.0 Å². The van der Waals surface area contributed by atoms with Gasteiger partial charge in [0.25, 0.3) is 0 Å². The molecule has 6 nitrogen and oxygen atoms in total. The van der Waals surface area contributed by atoms with E-state index in [0.717, 1.165) is 54.5 Å². The second-order valence-electron chi connectivity index (χ2n) is 6.88. The molecule has 1 aromatic heterocycles. The molecule has 0 radical (unpaired) electrons. The van der Waals surface area contributed by atoms with Gasteiger partial charge >= 0.3 is 0 Å². The van der Waals surface area contributed by atoms with E-state index in [2.05, 4.69) is 27.0 Å². The minimum absolute atomic E-state index is 0.0861. The Morgan fingerprint density at radius 3 is 2.67 bits per heavy atom. The van der Waals surface area contributed by atoms with E-state index in [-0.39, 0.29) is 5.91 Å². The van der Waals surface area contributed by atoms with E-state index >= 15 is 0 Å². The van der Waals surface area contributed by atoms with Crippen LogP contribution in [0.1, 0.15) is 45.4 Å². The van der Waals surface area contributed by atoms with E-state index < -0.39 is 0 Å². The Morgan fingerprint density at radius 2 is 2.00 bits per heavy atom. The van der Waals surface area contributed by atoms with Gasteiger partial charge in [-0.25, -0.2) is 0 Å². The molecule has 0 bridgehead atoms. The van der Waals surface area contributed by atoms with E-state index in [1.54, 1.807) is 7.11 Å². The Labute approximate surface area is 165 Å². The van der Waals surface area contributed by atoms with Crippen LogP contribution in [0.5, 0.6) is 5.75 Å². The predicted molar refractivity (Wildman–Crippen MR) is 108 cm³/mol. The van der Waals surface area contributed by atoms with Crippen LogP contribution in [0.25, 0.3) is 11.4 Å². The van der Waals surface area contributed by atoms with Crippen LogP contribution in [-0.2, 0) is 11.3 Å². The van der Waals surface area contributed by atoms with Crippen LogP contribution in [0, 0.1) is 0 Å². The molecule has 0 aliphatic heterocycles. The Kier molecular flexibility index (Phi) is 7.15. The minimum Gasteiger partial charge on any atom is -0.497 e. The van der Waals surface area contributed by atoms with Crippen LogP contribution in [0.4, 0.5) is 0 Å². The van der Waals surface area contributed by atoms with Crippen molar-refractivity contribution in [1.82, 2.24) is 20.1 Å². The van der Waals surface area contributed by atoms with Crippen molar-refractivity contribution in [3.8, 4) is 17.1 Å². The number of unbranched alkanes of at least 4 members (excludes halogenated alkanes) is 1. The molecule has 1 amide bonds. The number of methoxy groups -OCH3 is 1. The summed E-state index contributed by atoms with van der Waals surface area (Å²) in [4.78, 5) is 12.2. The minimum atomic E-state index is 0.0861. The van der Waals surface area contributed by atoms with E-state index in [0.29, 0.717) is 11.8 Å². The summed E-state index contributed by atoms with van der Waals surface area (Å²) < 4.78 is 7.36. The third kappa shape index (κ3) is 5.25. The van der Waals surface area contributed by atoms with E-state index in [9.17, 15) is 4.79 Å². The number of benzene rings is 1. The zero-order valence-electron chi connectivity index (χ0n) is 16.1. The predicted octanol–water partition coefficient (Wildman–Crippen LogP) is 3.90. The van der Waals surface area contributed by atoms with Crippen molar-refractivity contribution < 1.29 is 9.53 Å². The lowest BCUT2D eigenvalue weighted by Gasteiger charge is -2.12. The summed E-state index contributed by atoms with van der Waals surface area (Å²) in [5.74, 6) is 2.12. The van der Waals surface area contributed by atoms with Gasteiger partial charge < -0.3 is 14.6 Å². The number of amides is 1. The summed E-state index contributed by atoms with van der Waals surface area (Å²) in [5.41, 5.74) is 1.00.